The lowest BCUT2D eigenvalue weighted by molar-refractivity contribution is -0.118. The zero-order valence-corrected chi connectivity index (χ0v) is 18.5. The monoisotopic (exact) mass is 438 g/mol. The van der Waals surface area contributed by atoms with Crippen LogP contribution in [0, 0.1) is 0 Å². The van der Waals surface area contributed by atoms with Crippen LogP contribution >= 0.6 is 23.4 Å². The summed E-state index contributed by atoms with van der Waals surface area (Å²) in [5, 5.41) is 9.80. The van der Waals surface area contributed by atoms with Gasteiger partial charge in [0.2, 0.25) is 5.91 Å². The van der Waals surface area contributed by atoms with Crippen LogP contribution in [0.1, 0.15) is 19.4 Å². The van der Waals surface area contributed by atoms with Crippen LogP contribution in [0.3, 0.4) is 0 Å². The Morgan fingerprint density at radius 2 is 2.00 bits per heavy atom. The zero-order chi connectivity index (χ0) is 21.3. The second kappa shape index (κ2) is 8.66. The average molecular weight is 439 g/mol. The molecule has 1 aliphatic heterocycles. The number of carbonyl (C=O) groups excluding carboxylic acids is 1. The normalized spacial score (nSPS) is 16.4. The number of aromatic nitrogens is 3. The van der Waals surface area contributed by atoms with Crippen LogP contribution in [0.2, 0.25) is 5.02 Å². The Morgan fingerprint density at radius 3 is 2.73 bits per heavy atom. The Hall–Kier alpha value is -2.57. The molecule has 0 saturated carbocycles. The third-order valence-corrected chi connectivity index (χ3v) is 6.53. The van der Waals surface area contributed by atoms with E-state index in [1.54, 1.807) is 6.08 Å². The number of hydrogen-bond acceptors (Lipinski definition) is 4. The van der Waals surface area contributed by atoms with Crippen molar-refractivity contribution in [3.63, 3.8) is 0 Å². The molecule has 4 rings (SSSR count). The summed E-state index contributed by atoms with van der Waals surface area (Å²) in [4.78, 5) is 15.2. The molecule has 0 N–H and O–H groups in total. The molecule has 7 heteroatoms. The number of halogens is 1. The van der Waals surface area contributed by atoms with Crippen molar-refractivity contribution in [3.05, 3.63) is 71.8 Å². The molecule has 0 spiro atoms. The summed E-state index contributed by atoms with van der Waals surface area (Å²) in [6.07, 6.45) is 2.69. The van der Waals surface area contributed by atoms with E-state index in [2.05, 4.69) is 29.8 Å². The number of rotatable bonds is 6. The highest BCUT2D eigenvalue weighted by Crippen LogP contribution is 2.35. The Labute approximate surface area is 185 Å². The summed E-state index contributed by atoms with van der Waals surface area (Å²) in [5.74, 6) is 0.812. The molecule has 3 aromatic rings. The van der Waals surface area contributed by atoms with E-state index in [-0.39, 0.29) is 17.2 Å². The molecule has 2 heterocycles. The summed E-state index contributed by atoms with van der Waals surface area (Å²) in [6.45, 7) is 8.43. The van der Waals surface area contributed by atoms with Crippen LogP contribution in [0.25, 0.3) is 11.4 Å². The van der Waals surface area contributed by atoms with Crippen LogP contribution in [0.4, 0.5) is 5.69 Å². The van der Waals surface area contributed by atoms with Gasteiger partial charge in [-0.2, -0.15) is 0 Å². The fourth-order valence-corrected chi connectivity index (χ4v) is 4.82. The van der Waals surface area contributed by atoms with E-state index >= 15 is 0 Å². The molecule has 5 nitrogen and oxygen atoms in total. The first-order valence-electron chi connectivity index (χ1n) is 9.87. The number of para-hydroxylation sites is 1. The van der Waals surface area contributed by atoms with Gasteiger partial charge in [-0.3, -0.25) is 9.36 Å². The van der Waals surface area contributed by atoms with Gasteiger partial charge < -0.3 is 4.90 Å². The number of amides is 1. The molecular weight excluding hydrogens is 416 g/mol. The minimum absolute atomic E-state index is 0.0821. The summed E-state index contributed by atoms with van der Waals surface area (Å²) in [5.41, 5.74) is 3.15. The Bertz CT molecular complexity index is 1080. The number of hydrogen-bond donors (Lipinski definition) is 0. The number of benzene rings is 2. The maximum absolute atomic E-state index is 13.3. The summed E-state index contributed by atoms with van der Waals surface area (Å²) >= 11 is 7.44. The third-order valence-electron chi connectivity index (χ3n) is 5.21. The van der Waals surface area contributed by atoms with Crippen LogP contribution in [0.15, 0.2) is 66.3 Å². The molecule has 1 aliphatic rings. The highest BCUT2D eigenvalue weighted by atomic mass is 35.5. The van der Waals surface area contributed by atoms with Crippen LogP contribution in [-0.2, 0) is 17.8 Å². The van der Waals surface area contributed by atoms with Crippen molar-refractivity contribution in [1.29, 1.82) is 0 Å². The van der Waals surface area contributed by atoms with Gasteiger partial charge in [-0.05, 0) is 56.2 Å². The lowest BCUT2D eigenvalue weighted by Gasteiger charge is -2.25. The quantitative estimate of drug-likeness (QED) is 0.390. The summed E-state index contributed by atoms with van der Waals surface area (Å²) < 4.78 is 1.98. The van der Waals surface area contributed by atoms with E-state index in [0.717, 1.165) is 23.5 Å². The molecule has 0 aliphatic carbocycles. The van der Waals surface area contributed by atoms with E-state index < -0.39 is 0 Å². The van der Waals surface area contributed by atoms with E-state index in [9.17, 15) is 4.79 Å². The Morgan fingerprint density at radius 1 is 1.27 bits per heavy atom. The van der Waals surface area contributed by atoms with Crippen molar-refractivity contribution in [3.8, 4) is 11.4 Å². The number of fused-ring (bicyclic) bond motifs is 1. The largest absolute Gasteiger partial charge is 0.308 e. The lowest BCUT2D eigenvalue weighted by Crippen LogP contribution is -2.40. The van der Waals surface area contributed by atoms with Crippen molar-refractivity contribution >= 4 is 35.0 Å². The molecule has 154 valence electrons. The Kier molecular flexibility index (Phi) is 5.97. The molecule has 0 radical (unpaired) electrons. The maximum atomic E-state index is 13.3. The minimum atomic E-state index is -0.301. The second-order valence-corrected chi connectivity index (χ2v) is 9.11. The molecule has 1 aromatic heterocycles. The van der Waals surface area contributed by atoms with Crippen molar-refractivity contribution in [2.45, 2.75) is 43.3 Å². The van der Waals surface area contributed by atoms with Gasteiger partial charge in [0, 0.05) is 28.9 Å². The van der Waals surface area contributed by atoms with Crippen molar-refractivity contribution in [1.82, 2.24) is 14.8 Å². The SMILES string of the molecule is C=CCn1c(SC(C)C(=O)N2c3ccccc3CC2C)nnc1-c1ccc(Cl)cc1. The molecule has 0 fully saturated rings. The third kappa shape index (κ3) is 3.89. The van der Waals surface area contributed by atoms with Gasteiger partial charge in [-0.25, -0.2) is 0 Å². The van der Waals surface area contributed by atoms with Gasteiger partial charge in [0.05, 0.1) is 5.25 Å². The zero-order valence-electron chi connectivity index (χ0n) is 17.0. The molecular formula is C23H23ClN4OS. The summed E-state index contributed by atoms with van der Waals surface area (Å²) in [6, 6.07) is 15.7. The first-order chi connectivity index (χ1) is 14.5. The fraction of sp³-hybridized carbons (Fsp3) is 0.261. The van der Waals surface area contributed by atoms with E-state index in [0.29, 0.717) is 16.7 Å². The van der Waals surface area contributed by atoms with Crippen molar-refractivity contribution < 1.29 is 4.79 Å². The Balaban J connectivity index is 1.59. The van der Waals surface area contributed by atoms with Gasteiger partial charge >= 0.3 is 0 Å². The number of carbonyl (C=O) groups is 1. The standard InChI is InChI=1S/C23H23ClN4OS/c1-4-13-27-21(17-9-11-19(24)12-10-17)25-26-23(27)30-16(3)22(29)28-15(2)14-18-7-5-6-8-20(18)28/h4-12,15-16H,1,13-14H2,2-3H3. The van der Waals surface area contributed by atoms with E-state index in [4.69, 9.17) is 11.6 Å². The van der Waals surface area contributed by atoms with Crippen molar-refractivity contribution in [2.75, 3.05) is 4.90 Å². The highest BCUT2D eigenvalue weighted by molar-refractivity contribution is 8.00. The van der Waals surface area contributed by atoms with Gasteiger partial charge in [0.1, 0.15) is 0 Å². The first-order valence-corrected chi connectivity index (χ1v) is 11.1. The molecule has 0 bridgehead atoms. The van der Waals surface area contributed by atoms with E-state index in [1.165, 1.54) is 17.3 Å². The topological polar surface area (TPSA) is 51.0 Å². The maximum Gasteiger partial charge on any atom is 0.240 e. The van der Waals surface area contributed by atoms with E-state index in [1.807, 2.05) is 58.9 Å². The number of anilines is 1. The molecule has 2 aromatic carbocycles. The molecule has 0 saturated heterocycles. The van der Waals surface area contributed by atoms with Crippen LogP contribution in [-0.4, -0.2) is 32.0 Å². The molecule has 2 unspecified atom stereocenters. The smallest absolute Gasteiger partial charge is 0.240 e. The minimum Gasteiger partial charge on any atom is -0.308 e. The number of nitrogens with zero attached hydrogens (tertiary/aromatic N) is 4. The second-order valence-electron chi connectivity index (χ2n) is 7.36. The summed E-state index contributed by atoms with van der Waals surface area (Å²) in [7, 11) is 0. The van der Waals surface area contributed by atoms with Gasteiger partial charge in [0.25, 0.3) is 0 Å². The number of allylic oxidation sites excluding steroid dienone is 1. The first kappa shape index (κ1) is 20.7. The average Bonchev–Trinajstić information content (AvgIpc) is 3.28. The van der Waals surface area contributed by atoms with Gasteiger partial charge in [-0.15, -0.1) is 16.8 Å². The number of thioether (sulfide) groups is 1. The predicted octanol–water partition coefficient (Wildman–Crippen LogP) is 5.24. The van der Waals surface area contributed by atoms with Crippen LogP contribution in [0.5, 0.6) is 0 Å². The fourth-order valence-electron chi connectivity index (χ4n) is 3.79. The van der Waals surface area contributed by atoms with Crippen LogP contribution < -0.4 is 4.90 Å². The lowest BCUT2D eigenvalue weighted by atomic mass is 10.1. The molecule has 30 heavy (non-hydrogen) atoms. The molecule has 2 atom stereocenters. The van der Waals surface area contributed by atoms with Gasteiger partial charge in [-0.1, -0.05) is 47.6 Å². The molecule has 1 amide bonds. The van der Waals surface area contributed by atoms with Gasteiger partial charge in [0.15, 0.2) is 11.0 Å². The highest BCUT2D eigenvalue weighted by Gasteiger charge is 2.34. The van der Waals surface area contributed by atoms with Crippen molar-refractivity contribution in [2.24, 2.45) is 0 Å². The predicted molar refractivity (Wildman–Crippen MR) is 123 cm³/mol.